The van der Waals surface area contributed by atoms with Crippen molar-refractivity contribution in [2.75, 3.05) is 0 Å². The predicted molar refractivity (Wildman–Crippen MR) is 64.7 cm³/mol. The Morgan fingerprint density at radius 2 is 2.00 bits per heavy atom. The molecule has 0 radical (unpaired) electrons. The molecule has 0 heterocycles. The van der Waals surface area contributed by atoms with E-state index in [0.717, 1.165) is 18.2 Å². The highest BCUT2D eigenvalue weighted by Gasteiger charge is 2.26. The van der Waals surface area contributed by atoms with Crippen molar-refractivity contribution in [2.45, 2.75) is 26.3 Å². The van der Waals surface area contributed by atoms with Crippen LogP contribution in [0.4, 0.5) is 8.78 Å². The topological polar surface area (TPSA) is 66.4 Å². The molecule has 2 atom stereocenters. The molecule has 0 bridgehead atoms. The van der Waals surface area contributed by atoms with Crippen molar-refractivity contribution in [3.63, 3.8) is 0 Å². The standard InChI is InChI=1S/C13H15F2NO3/c1-3-7(2)11(13(18)19)16-12(17)9-6-8(14)4-5-10(9)15/h4-7,11H,3H2,1-2H3,(H,16,17)(H,18,19)/t7?,11-/m0/s1. The van der Waals surface area contributed by atoms with E-state index in [-0.39, 0.29) is 5.92 Å². The zero-order valence-electron chi connectivity index (χ0n) is 10.6. The largest absolute Gasteiger partial charge is 0.480 e. The number of carboxylic acid groups (broad SMARTS) is 1. The first kappa shape index (κ1) is 15.1. The normalized spacial score (nSPS) is 13.7. The lowest BCUT2D eigenvalue weighted by Crippen LogP contribution is -2.45. The maximum atomic E-state index is 13.4. The molecule has 0 spiro atoms. The van der Waals surface area contributed by atoms with Gasteiger partial charge in [-0.05, 0) is 24.1 Å². The van der Waals surface area contributed by atoms with Crippen LogP contribution in [0.25, 0.3) is 0 Å². The summed E-state index contributed by atoms with van der Waals surface area (Å²) in [6.45, 7) is 3.43. The van der Waals surface area contributed by atoms with E-state index < -0.39 is 35.1 Å². The number of halogens is 2. The zero-order valence-corrected chi connectivity index (χ0v) is 10.6. The summed E-state index contributed by atoms with van der Waals surface area (Å²) in [7, 11) is 0. The molecule has 0 aromatic heterocycles. The summed E-state index contributed by atoms with van der Waals surface area (Å²) in [6, 6.07) is 1.30. The van der Waals surface area contributed by atoms with Crippen LogP contribution in [0, 0.1) is 17.6 Å². The molecule has 1 rings (SSSR count). The van der Waals surface area contributed by atoms with Gasteiger partial charge in [0.25, 0.3) is 5.91 Å². The van der Waals surface area contributed by atoms with Gasteiger partial charge in [0.05, 0.1) is 5.56 Å². The Labute approximate surface area is 109 Å². The number of amides is 1. The average molecular weight is 271 g/mol. The van der Waals surface area contributed by atoms with Gasteiger partial charge in [0.2, 0.25) is 0 Å². The Morgan fingerprint density at radius 1 is 1.37 bits per heavy atom. The van der Waals surface area contributed by atoms with E-state index in [9.17, 15) is 18.4 Å². The van der Waals surface area contributed by atoms with E-state index in [1.807, 2.05) is 0 Å². The Bertz CT molecular complexity index is 491. The fourth-order valence-electron chi connectivity index (χ4n) is 1.57. The van der Waals surface area contributed by atoms with Crippen LogP contribution < -0.4 is 5.32 Å². The summed E-state index contributed by atoms with van der Waals surface area (Å²) >= 11 is 0. The van der Waals surface area contributed by atoms with Crippen molar-refractivity contribution in [3.05, 3.63) is 35.4 Å². The Morgan fingerprint density at radius 3 is 2.53 bits per heavy atom. The van der Waals surface area contributed by atoms with Crippen molar-refractivity contribution in [1.82, 2.24) is 5.32 Å². The maximum Gasteiger partial charge on any atom is 0.326 e. The van der Waals surface area contributed by atoms with Crippen LogP contribution in [0.1, 0.15) is 30.6 Å². The van der Waals surface area contributed by atoms with Crippen LogP contribution in [0.3, 0.4) is 0 Å². The second-order valence-corrected chi connectivity index (χ2v) is 4.30. The lowest BCUT2D eigenvalue weighted by molar-refractivity contribution is -0.140. The Balaban J connectivity index is 2.94. The minimum absolute atomic E-state index is 0.321. The highest BCUT2D eigenvalue weighted by atomic mass is 19.1. The lowest BCUT2D eigenvalue weighted by Gasteiger charge is -2.20. The summed E-state index contributed by atoms with van der Waals surface area (Å²) in [5.74, 6) is -4.13. The van der Waals surface area contributed by atoms with E-state index in [0.29, 0.717) is 6.42 Å². The molecule has 0 aliphatic heterocycles. The first-order valence-electron chi connectivity index (χ1n) is 5.85. The van der Waals surface area contributed by atoms with Crippen LogP contribution in [-0.2, 0) is 4.79 Å². The quantitative estimate of drug-likeness (QED) is 0.862. The smallest absolute Gasteiger partial charge is 0.326 e. The van der Waals surface area contributed by atoms with Crippen molar-refractivity contribution in [1.29, 1.82) is 0 Å². The monoisotopic (exact) mass is 271 g/mol. The van der Waals surface area contributed by atoms with Crippen molar-refractivity contribution < 1.29 is 23.5 Å². The molecule has 1 aromatic carbocycles. The fraction of sp³-hybridized carbons (Fsp3) is 0.385. The van der Waals surface area contributed by atoms with Crippen LogP contribution in [-0.4, -0.2) is 23.0 Å². The summed E-state index contributed by atoms with van der Waals surface area (Å²) in [6.07, 6.45) is 0.531. The fourth-order valence-corrected chi connectivity index (χ4v) is 1.57. The molecule has 2 N–H and O–H groups in total. The molecule has 6 heteroatoms. The molecule has 0 aliphatic carbocycles. The third-order valence-electron chi connectivity index (χ3n) is 2.94. The summed E-state index contributed by atoms with van der Waals surface area (Å²) in [5, 5.41) is 11.2. The summed E-state index contributed by atoms with van der Waals surface area (Å²) < 4.78 is 26.3. The maximum absolute atomic E-state index is 13.4. The van der Waals surface area contributed by atoms with Gasteiger partial charge in [-0.1, -0.05) is 20.3 Å². The van der Waals surface area contributed by atoms with E-state index in [1.165, 1.54) is 0 Å². The van der Waals surface area contributed by atoms with Crippen LogP contribution in [0.2, 0.25) is 0 Å². The first-order chi connectivity index (χ1) is 8.86. The molecule has 0 saturated carbocycles. The number of hydrogen-bond donors (Lipinski definition) is 2. The van der Waals surface area contributed by atoms with Crippen LogP contribution >= 0.6 is 0 Å². The van der Waals surface area contributed by atoms with Crippen molar-refractivity contribution in [3.8, 4) is 0 Å². The van der Waals surface area contributed by atoms with Gasteiger partial charge in [0, 0.05) is 0 Å². The second-order valence-electron chi connectivity index (χ2n) is 4.30. The van der Waals surface area contributed by atoms with Gasteiger partial charge in [-0.3, -0.25) is 4.79 Å². The summed E-state index contributed by atoms with van der Waals surface area (Å²) in [4.78, 5) is 22.8. The molecule has 0 fully saturated rings. The number of aliphatic carboxylic acids is 1. The third kappa shape index (κ3) is 3.74. The molecular formula is C13H15F2NO3. The van der Waals surface area contributed by atoms with Crippen molar-refractivity contribution in [2.24, 2.45) is 5.92 Å². The highest BCUT2D eigenvalue weighted by molar-refractivity contribution is 5.96. The predicted octanol–water partition coefficient (Wildman–Crippen LogP) is 2.19. The number of carbonyl (C=O) groups is 2. The molecular weight excluding hydrogens is 256 g/mol. The zero-order chi connectivity index (χ0) is 14.6. The van der Waals surface area contributed by atoms with E-state index >= 15 is 0 Å². The molecule has 1 unspecified atom stereocenters. The molecule has 1 aromatic rings. The molecule has 0 aliphatic rings. The van der Waals surface area contributed by atoms with E-state index in [1.54, 1.807) is 13.8 Å². The van der Waals surface area contributed by atoms with Gasteiger partial charge in [0.15, 0.2) is 0 Å². The Kier molecular flexibility index (Phi) is 4.97. The highest BCUT2D eigenvalue weighted by Crippen LogP contribution is 2.12. The van der Waals surface area contributed by atoms with Crippen LogP contribution in [0.15, 0.2) is 18.2 Å². The van der Waals surface area contributed by atoms with Crippen LogP contribution in [0.5, 0.6) is 0 Å². The summed E-state index contributed by atoms with van der Waals surface area (Å²) in [5.41, 5.74) is -0.505. The number of rotatable bonds is 5. The van der Waals surface area contributed by atoms with Gasteiger partial charge in [-0.2, -0.15) is 0 Å². The lowest BCUT2D eigenvalue weighted by atomic mass is 9.99. The number of nitrogens with one attached hydrogen (secondary N) is 1. The molecule has 19 heavy (non-hydrogen) atoms. The number of hydrogen-bond acceptors (Lipinski definition) is 2. The SMILES string of the molecule is CCC(C)[C@H](NC(=O)c1cc(F)ccc1F)C(=O)O. The second kappa shape index (κ2) is 6.26. The van der Waals surface area contributed by atoms with E-state index in [2.05, 4.69) is 5.32 Å². The Hall–Kier alpha value is -1.98. The number of benzene rings is 1. The molecule has 4 nitrogen and oxygen atoms in total. The first-order valence-corrected chi connectivity index (χ1v) is 5.85. The average Bonchev–Trinajstić information content (AvgIpc) is 2.37. The van der Waals surface area contributed by atoms with Crippen molar-refractivity contribution >= 4 is 11.9 Å². The molecule has 0 saturated heterocycles. The molecule has 1 amide bonds. The minimum atomic E-state index is -1.21. The number of carboxylic acids is 1. The molecule has 104 valence electrons. The van der Waals surface area contributed by atoms with Gasteiger partial charge in [-0.15, -0.1) is 0 Å². The third-order valence-corrected chi connectivity index (χ3v) is 2.94. The van der Waals surface area contributed by atoms with Gasteiger partial charge in [0.1, 0.15) is 17.7 Å². The van der Waals surface area contributed by atoms with Gasteiger partial charge in [-0.25, -0.2) is 13.6 Å². The minimum Gasteiger partial charge on any atom is -0.480 e. The number of carbonyl (C=O) groups excluding carboxylic acids is 1. The van der Waals surface area contributed by atoms with Gasteiger partial charge >= 0.3 is 5.97 Å². The van der Waals surface area contributed by atoms with E-state index in [4.69, 9.17) is 5.11 Å². The van der Waals surface area contributed by atoms with Gasteiger partial charge < -0.3 is 10.4 Å².